The van der Waals surface area contributed by atoms with Gasteiger partial charge in [-0.25, -0.2) is 4.68 Å². The summed E-state index contributed by atoms with van der Waals surface area (Å²) in [5, 5.41) is 13.3. The lowest BCUT2D eigenvalue weighted by molar-refractivity contribution is -0.136. The Bertz CT molecular complexity index is 605. The minimum atomic E-state index is -0.858. The van der Waals surface area contributed by atoms with Gasteiger partial charge in [0.1, 0.15) is 4.60 Å². The number of para-hydroxylation sites is 1. The summed E-state index contributed by atoms with van der Waals surface area (Å²) in [6, 6.07) is 7.84. The van der Waals surface area contributed by atoms with Crippen LogP contribution in [-0.2, 0) is 11.2 Å². The van der Waals surface area contributed by atoms with Crippen molar-refractivity contribution in [2.75, 3.05) is 0 Å². The minimum Gasteiger partial charge on any atom is -0.481 e. The summed E-state index contributed by atoms with van der Waals surface area (Å²) in [5.41, 5.74) is 3.48. The van der Waals surface area contributed by atoms with Gasteiger partial charge in [0.2, 0.25) is 0 Å². The van der Waals surface area contributed by atoms with Gasteiger partial charge >= 0.3 is 5.97 Å². The number of aryl methyl sites for hydroxylation is 2. The summed E-state index contributed by atoms with van der Waals surface area (Å²) in [6.45, 7) is 3.81. The molecule has 5 heteroatoms. The number of carboxylic acid groups (broad SMARTS) is 1. The molecule has 1 aromatic heterocycles. The van der Waals surface area contributed by atoms with Gasteiger partial charge in [-0.1, -0.05) is 18.2 Å². The zero-order chi connectivity index (χ0) is 13.3. The number of aliphatic carboxylic acids is 1. The van der Waals surface area contributed by atoms with E-state index >= 15 is 0 Å². The van der Waals surface area contributed by atoms with Gasteiger partial charge in [0.05, 0.1) is 17.8 Å². The van der Waals surface area contributed by atoms with E-state index in [0.717, 1.165) is 16.9 Å². The van der Waals surface area contributed by atoms with Crippen LogP contribution in [0.25, 0.3) is 5.69 Å². The number of halogens is 1. The molecule has 0 saturated heterocycles. The van der Waals surface area contributed by atoms with E-state index in [1.165, 1.54) is 0 Å². The Morgan fingerprint density at radius 3 is 2.67 bits per heavy atom. The van der Waals surface area contributed by atoms with Crippen molar-refractivity contribution in [2.45, 2.75) is 20.3 Å². The predicted molar refractivity (Wildman–Crippen MR) is 72.1 cm³/mol. The Morgan fingerprint density at radius 1 is 1.39 bits per heavy atom. The van der Waals surface area contributed by atoms with E-state index in [0.29, 0.717) is 10.2 Å². The molecule has 18 heavy (non-hydrogen) atoms. The van der Waals surface area contributed by atoms with Crippen LogP contribution in [0.4, 0.5) is 0 Å². The highest BCUT2D eigenvalue weighted by Crippen LogP contribution is 2.25. The number of carboxylic acids is 1. The summed E-state index contributed by atoms with van der Waals surface area (Å²) in [5.74, 6) is -0.858. The zero-order valence-corrected chi connectivity index (χ0v) is 11.7. The van der Waals surface area contributed by atoms with E-state index in [4.69, 9.17) is 5.11 Å². The van der Waals surface area contributed by atoms with E-state index in [9.17, 15) is 4.79 Å². The van der Waals surface area contributed by atoms with Crippen LogP contribution in [0.5, 0.6) is 0 Å². The van der Waals surface area contributed by atoms with Crippen molar-refractivity contribution in [1.29, 1.82) is 0 Å². The number of rotatable bonds is 3. The summed E-state index contributed by atoms with van der Waals surface area (Å²) < 4.78 is 2.44. The lowest BCUT2D eigenvalue weighted by Crippen LogP contribution is -2.02. The quantitative estimate of drug-likeness (QED) is 0.948. The molecule has 1 N–H and O–H groups in total. The lowest BCUT2D eigenvalue weighted by Gasteiger charge is -2.06. The summed E-state index contributed by atoms with van der Waals surface area (Å²) in [7, 11) is 0. The normalized spacial score (nSPS) is 10.6. The van der Waals surface area contributed by atoms with E-state index in [-0.39, 0.29) is 6.42 Å². The van der Waals surface area contributed by atoms with Gasteiger partial charge in [-0.2, -0.15) is 5.10 Å². The van der Waals surface area contributed by atoms with Crippen LogP contribution in [0, 0.1) is 13.8 Å². The monoisotopic (exact) mass is 308 g/mol. The highest BCUT2D eigenvalue weighted by molar-refractivity contribution is 9.10. The van der Waals surface area contributed by atoms with Crippen molar-refractivity contribution in [2.24, 2.45) is 0 Å². The molecule has 4 nitrogen and oxygen atoms in total. The average molecular weight is 309 g/mol. The number of benzene rings is 1. The van der Waals surface area contributed by atoms with E-state index in [1.54, 1.807) is 4.68 Å². The van der Waals surface area contributed by atoms with Crippen LogP contribution in [0.15, 0.2) is 28.9 Å². The fourth-order valence-electron chi connectivity index (χ4n) is 1.84. The maximum atomic E-state index is 10.8. The number of carbonyl (C=O) groups is 1. The molecule has 0 fully saturated rings. The van der Waals surface area contributed by atoms with Crippen LogP contribution in [0.1, 0.15) is 16.8 Å². The van der Waals surface area contributed by atoms with E-state index in [2.05, 4.69) is 21.0 Å². The lowest BCUT2D eigenvalue weighted by atomic mass is 10.2. The second-order valence-corrected chi connectivity index (χ2v) is 4.87. The first-order valence-corrected chi connectivity index (χ1v) is 6.31. The van der Waals surface area contributed by atoms with Crippen LogP contribution in [0.3, 0.4) is 0 Å². The van der Waals surface area contributed by atoms with E-state index in [1.807, 2.05) is 38.1 Å². The number of hydrogen-bond acceptors (Lipinski definition) is 2. The standard InChI is InChI=1S/C13H13BrN2O2/c1-8-5-3-4-6-11(8)16-13(14)10(7-12(17)18)9(2)15-16/h3-6H,7H2,1-2H3,(H,17,18). The molecular weight excluding hydrogens is 296 g/mol. The smallest absolute Gasteiger partial charge is 0.307 e. The van der Waals surface area contributed by atoms with Crippen molar-refractivity contribution < 1.29 is 9.90 Å². The molecule has 0 aliphatic heterocycles. The third kappa shape index (κ3) is 2.31. The molecule has 1 aromatic carbocycles. The summed E-state index contributed by atoms with van der Waals surface area (Å²) in [6.07, 6.45) is -0.0295. The van der Waals surface area contributed by atoms with Gasteiger partial charge in [-0.05, 0) is 41.4 Å². The van der Waals surface area contributed by atoms with Gasteiger partial charge in [0.25, 0.3) is 0 Å². The fourth-order valence-corrected chi connectivity index (χ4v) is 2.54. The molecule has 94 valence electrons. The fraction of sp³-hybridized carbons (Fsp3) is 0.231. The van der Waals surface area contributed by atoms with Crippen molar-refractivity contribution in [3.05, 3.63) is 45.7 Å². The molecule has 1 heterocycles. The van der Waals surface area contributed by atoms with Crippen LogP contribution >= 0.6 is 15.9 Å². The third-order valence-electron chi connectivity index (χ3n) is 2.79. The molecule has 0 saturated carbocycles. The molecule has 0 amide bonds. The van der Waals surface area contributed by atoms with Crippen molar-refractivity contribution >= 4 is 21.9 Å². The van der Waals surface area contributed by atoms with Crippen molar-refractivity contribution in [3.8, 4) is 5.69 Å². The van der Waals surface area contributed by atoms with Gasteiger partial charge in [-0.15, -0.1) is 0 Å². The first-order chi connectivity index (χ1) is 8.50. The Labute approximate surface area is 113 Å². The van der Waals surface area contributed by atoms with Crippen molar-refractivity contribution in [3.63, 3.8) is 0 Å². The van der Waals surface area contributed by atoms with Gasteiger partial charge < -0.3 is 5.11 Å². The van der Waals surface area contributed by atoms with Crippen LogP contribution < -0.4 is 0 Å². The second-order valence-electron chi connectivity index (χ2n) is 4.12. The SMILES string of the molecule is Cc1ccccc1-n1nc(C)c(CC(=O)O)c1Br. The molecule has 0 unspecified atom stereocenters. The number of aromatic nitrogens is 2. The number of nitrogens with zero attached hydrogens (tertiary/aromatic N) is 2. The zero-order valence-electron chi connectivity index (χ0n) is 10.1. The maximum absolute atomic E-state index is 10.8. The minimum absolute atomic E-state index is 0.0295. The molecule has 2 rings (SSSR count). The topological polar surface area (TPSA) is 55.1 Å². The molecule has 0 aliphatic carbocycles. The Balaban J connectivity index is 2.54. The van der Waals surface area contributed by atoms with E-state index < -0.39 is 5.97 Å². The van der Waals surface area contributed by atoms with Crippen LogP contribution in [-0.4, -0.2) is 20.9 Å². The van der Waals surface area contributed by atoms with Crippen LogP contribution in [0.2, 0.25) is 0 Å². The Morgan fingerprint density at radius 2 is 2.06 bits per heavy atom. The number of hydrogen-bond donors (Lipinski definition) is 1. The first kappa shape index (κ1) is 12.8. The Kier molecular flexibility index (Phi) is 3.52. The first-order valence-electron chi connectivity index (χ1n) is 5.52. The van der Waals surface area contributed by atoms with Gasteiger partial charge in [0, 0.05) is 5.56 Å². The molecular formula is C13H13BrN2O2. The highest BCUT2D eigenvalue weighted by Gasteiger charge is 2.17. The molecule has 0 aliphatic rings. The molecule has 0 bridgehead atoms. The molecule has 0 atom stereocenters. The highest BCUT2D eigenvalue weighted by atomic mass is 79.9. The summed E-state index contributed by atoms with van der Waals surface area (Å²) in [4.78, 5) is 10.8. The van der Waals surface area contributed by atoms with Crippen molar-refractivity contribution in [1.82, 2.24) is 9.78 Å². The van der Waals surface area contributed by atoms with Gasteiger partial charge in [0.15, 0.2) is 0 Å². The molecule has 0 spiro atoms. The molecule has 0 radical (unpaired) electrons. The predicted octanol–water partition coefficient (Wildman–Crippen LogP) is 2.88. The average Bonchev–Trinajstić information content (AvgIpc) is 2.57. The van der Waals surface area contributed by atoms with Gasteiger partial charge in [-0.3, -0.25) is 4.79 Å². The second kappa shape index (κ2) is 4.94. The summed E-state index contributed by atoms with van der Waals surface area (Å²) >= 11 is 3.44. The third-order valence-corrected chi connectivity index (χ3v) is 3.61. The maximum Gasteiger partial charge on any atom is 0.307 e. The Hall–Kier alpha value is -1.62. The largest absolute Gasteiger partial charge is 0.481 e. The molecule has 2 aromatic rings.